The first kappa shape index (κ1) is 20.0. The first-order chi connectivity index (χ1) is 7.77. The fraction of sp³-hybridized carbons (Fsp3) is 0.750. The number of hydrogen-bond acceptors (Lipinski definition) is 3. The Morgan fingerprint density at radius 3 is 2.44 bits per heavy atom. The van der Waals surface area contributed by atoms with Gasteiger partial charge in [-0.15, -0.1) is 24.8 Å². The molecule has 6 heteroatoms. The van der Waals surface area contributed by atoms with Gasteiger partial charge in [-0.25, -0.2) is 0 Å². The van der Waals surface area contributed by atoms with Crippen LogP contribution in [0.15, 0.2) is 12.3 Å². The summed E-state index contributed by atoms with van der Waals surface area (Å²) in [6.07, 6.45) is 3.05. The summed E-state index contributed by atoms with van der Waals surface area (Å²) in [5.41, 5.74) is 1.24. The van der Waals surface area contributed by atoms with Gasteiger partial charge >= 0.3 is 0 Å². The van der Waals surface area contributed by atoms with E-state index in [0.717, 1.165) is 26.2 Å². The third kappa shape index (κ3) is 7.21. The highest BCUT2D eigenvalue weighted by atomic mass is 35.5. The van der Waals surface area contributed by atoms with Gasteiger partial charge in [-0.2, -0.15) is 5.10 Å². The zero-order chi connectivity index (χ0) is 11.8. The van der Waals surface area contributed by atoms with Crippen LogP contribution in [0.25, 0.3) is 0 Å². The van der Waals surface area contributed by atoms with Gasteiger partial charge in [0, 0.05) is 19.8 Å². The lowest BCUT2D eigenvalue weighted by atomic mass is 10.3. The van der Waals surface area contributed by atoms with Crippen LogP contribution in [0.4, 0.5) is 0 Å². The molecule has 0 unspecified atom stereocenters. The largest absolute Gasteiger partial charge is 0.311 e. The lowest BCUT2D eigenvalue weighted by Gasteiger charge is -2.17. The van der Waals surface area contributed by atoms with Crippen LogP contribution in [0.2, 0.25) is 0 Å². The fourth-order valence-corrected chi connectivity index (χ4v) is 1.76. The molecule has 18 heavy (non-hydrogen) atoms. The van der Waals surface area contributed by atoms with E-state index in [1.54, 1.807) is 0 Å². The number of aryl methyl sites for hydroxylation is 1. The molecular weight excluding hydrogens is 271 g/mol. The topological polar surface area (TPSA) is 33.1 Å². The van der Waals surface area contributed by atoms with E-state index < -0.39 is 0 Å². The number of rotatable bonds is 8. The van der Waals surface area contributed by atoms with E-state index >= 15 is 0 Å². The van der Waals surface area contributed by atoms with E-state index in [1.165, 1.54) is 18.7 Å². The minimum Gasteiger partial charge on any atom is -0.311 e. The molecule has 0 aliphatic heterocycles. The first-order valence-corrected chi connectivity index (χ1v) is 6.17. The SMILES string of the molecule is CCN(CC)CCCNCc1ccnn1C.Cl.Cl. The summed E-state index contributed by atoms with van der Waals surface area (Å²) < 4.78 is 1.91. The molecule has 0 radical (unpaired) electrons. The summed E-state index contributed by atoms with van der Waals surface area (Å²) in [6, 6.07) is 2.05. The van der Waals surface area contributed by atoms with E-state index in [4.69, 9.17) is 0 Å². The smallest absolute Gasteiger partial charge is 0.0518 e. The summed E-state index contributed by atoms with van der Waals surface area (Å²) in [4.78, 5) is 2.45. The van der Waals surface area contributed by atoms with Gasteiger partial charge in [-0.05, 0) is 38.7 Å². The summed E-state index contributed by atoms with van der Waals surface area (Å²) in [7, 11) is 1.98. The summed E-state index contributed by atoms with van der Waals surface area (Å²) >= 11 is 0. The van der Waals surface area contributed by atoms with Gasteiger partial charge in [0.2, 0.25) is 0 Å². The van der Waals surface area contributed by atoms with Crippen molar-refractivity contribution in [3.05, 3.63) is 18.0 Å². The van der Waals surface area contributed by atoms with Crippen molar-refractivity contribution in [2.24, 2.45) is 7.05 Å². The standard InChI is InChI=1S/C12H24N4.2ClH/c1-4-16(5-2)10-6-8-13-11-12-7-9-14-15(12)3;;/h7,9,13H,4-6,8,10-11H2,1-3H3;2*1H. The summed E-state index contributed by atoms with van der Waals surface area (Å²) in [5.74, 6) is 0. The Kier molecular flexibility index (Phi) is 13.1. The molecule has 1 aromatic heterocycles. The molecule has 0 spiro atoms. The van der Waals surface area contributed by atoms with E-state index in [-0.39, 0.29) is 24.8 Å². The predicted octanol–water partition coefficient (Wildman–Crippen LogP) is 2.09. The Morgan fingerprint density at radius 1 is 1.28 bits per heavy atom. The van der Waals surface area contributed by atoms with Crippen molar-refractivity contribution in [1.82, 2.24) is 20.0 Å². The molecule has 108 valence electrons. The van der Waals surface area contributed by atoms with Crippen LogP contribution in [0.3, 0.4) is 0 Å². The van der Waals surface area contributed by atoms with Crippen molar-refractivity contribution in [3.63, 3.8) is 0 Å². The molecule has 0 saturated heterocycles. The molecular formula is C12H26Cl2N4. The van der Waals surface area contributed by atoms with Gasteiger partial charge in [0.1, 0.15) is 0 Å². The van der Waals surface area contributed by atoms with E-state index in [1.807, 2.05) is 17.9 Å². The molecule has 0 amide bonds. The van der Waals surface area contributed by atoms with Crippen LogP contribution in [0, 0.1) is 0 Å². The average molecular weight is 297 g/mol. The minimum atomic E-state index is 0. The zero-order valence-electron chi connectivity index (χ0n) is 11.6. The van der Waals surface area contributed by atoms with E-state index in [9.17, 15) is 0 Å². The van der Waals surface area contributed by atoms with Crippen LogP contribution in [0.1, 0.15) is 26.0 Å². The van der Waals surface area contributed by atoms with Crippen molar-refractivity contribution >= 4 is 24.8 Å². The molecule has 0 saturated carbocycles. The summed E-state index contributed by atoms with van der Waals surface area (Å²) in [6.45, 7) is 9.90. The third-order valence-electron chi connectivity index (χ3n) is 2.95. The van der Waals surface area contributed by atoms with Crippen LogP contribution in [-0.4, -0.2) is 40.9 Å². The van der Waals surface area contributed by atoms with E-state index in [0.29, 0.717) is 0 Å². The van der Waals surface area contributed by atoms with Crippen LogP contribution < -0.4 is 5.32 Å². The highest BCUT2D eigenvalue weighted by Gasteiger charge is 1.99. The quantitative estimate of drug-likeness (QED) is 0.746. The predicted molar refractivity (Wildman–Crippen MR) is 81.8 cm³/mol. The minimum absolute atomic E-state index is 0. The lowest BCUT2D eigenvalue weighted by molar-refractivity contribution is 0.297. The molecule has 1 aromatic rings. The Bertz CT molecular complexity index is 287. The Balaban J connectivity index is 0. The Labute approximate surface area is 123 Å². The number of nitrogens with one attached hydrogen (secondary N) is 1. The Morgan fingerprint density at radius 2 is 1.94 bits per heavy atom. The highest BCUT2D eigenvalue weighted by molar-refractivity contribution is 5.85. The second-order valence-corrected chi connectivity index (χ2v) is 4.00. The lowest BCUT2D eigenvalue weighted by Crippen LogP contribution is -2.27. The molecule has 0 bridgehead atoms. The molecule has 1 heterocycles. The van der Waals surface area contributed by atoms with Gasteiger partial charge in [0.25, 0.3) is 0 Å². The van der Waals surface area contributed by atoms with Gasteiger partial charge in [0.15, 0.2) is 0 Å². The van der Waals surface area contributed by atoms with Gasteiger partial charge in [-0.3, -0.25) is 4.68 Å². The molecule has 0 aromatic carbocycles. The molecule has 0 fully saturated rings. The Hall–Kier alpha value is -0.290. The van der Waals surface area contributed by atoms with Crippen molar-refractivity contribution in [2.75, 3.05) is 26.2 Å². The number of aromatic nitrogens is 2. The molecule has 1 N–H and O–H groups in total. The zero-order valence-corrected chi connectivity index (χ0v) is 13.2. The first-order valence-electron chi connectivity index (χ1n) is 6.17. The normalized spacial score (nSPS) is 10.0. The van der Waals surface area contributed by atoms with Crippen LogP contribution in [-0.2, 0) is 13.6 Å². The van der Waals surface area contributed by atoms with Crippen LogP contribution >= 0.6 is 24.8 Å². The molecule has 0 aliphatic rings. The van der Waals surface area contributed by atoms with Crippen molar-refractivity contribution in [2.45, 2.75) is 26.8 Å². The fourth-order valence-electron chi connectivity index (χ4n) is 1.76. The maximum absolute atomic E-state index is 4.14. The highest BCUT2D eigenvalue weighted by Crippen LogP contribution is 1.95. The maximum atomic E-state index is 4.14. The number of halogens is 2. The average Bonchev–Trinajstić information content (AvgIpc) is 2.70. The maximum Gasteiger partial charge on any atom is 0.0518 e. The number of hydrogen-bond donors (Lipinski definition) is 1. The van der Waals surface area contributed by atoms with Crippen LogP contribution in [0.5, 0.6) is 0 Å². The molecule has 4 nitrogen and oxygen atoms in total. The van der Waals surface area contributed by atoms with Crippen molar-refractivity contribution in [1.29, 1.82) is 0 Å². The monoisotopic (exact) mass is 296 g/mol. The molecule has 0 atom stereocenters. The second-order valence-electron chi connectivity index (χ2n) is 4.00. The molecule has 0 aliphatic carbocycles. The summed E-state index contributed by atoms with van der Waals surface area (Å²) in [5, 5.41) is 7.58. The third-order valence-corrected chi connectivity index (χ3v) is 2.95. The van der Waals surface area contributed by atoms with Gasteiger partial charge < -0.3 is 10.2 Å². The van der Waals surface area contributed by atoms with Crippen molar-refractivity contribution < 1.29 is 0 Å². The number of nitrogens with zero attached hydrogens (tertiary/aromatic N) is 3. The molecule has 1 rings (SSSR count). The van der Waals surface area contributed by atoms with Gasteiger partial charge in [-0.1, -0.05) is 13.8 Å². The second kappa shape index (κ2) is 11.8. The van der Waals surface area contributed by atoms with E-state index in [2.05, 4.69) is 35.2 Å². The van der Waals surface area contributed by atoms with Crippen molar-refractivity contribution in [3.8, 4) is 0 Å². The van der Waals surface area contributed by atoms with Gasteiger partial charge in [0.05, 0.1) is 5.69 Å².